The predicted molar refractivity (Wildman–Crippen MR) is 83.7 cm³/mol. The van der Waals surface area contributed by atoms with Crippen LogP contribution in [0.1, 0.15) is 81.6 Å². The lowest BCUT2D eigenvalue weighted by molar-refractivity contribution is 0.104. The van der Waals surface area contributed by atoms with Crippen LogP contribution in [0.25, 0.3) is 0 Å². The lowest BCUT2D eigenvalue weighted by Gasteiger charge is -2.43. The summed E-state index contributed by atoms with van der Waals surface area (Å²) in [6.07, 6.45) is 3.54. The topological polar surface area (TPSA) is 26.0 Å². The van der Waals surface area contributed by atoms with Gasteiger partial charge in [0.25, 0.3) is 0 Å². The molecule has 110 valence electrons. The molecule has 0 bridgehead atoms. The molecule has 0 fully saturated rings. The van der Waals surface area contributed by atoms with E-state index in [4.69, 9.17) is 5.73 Å². The monoisotopic (exact) mass is 255 g/mol. The Kier molecular flexibility index (Phi) is 5.93. The minimum Gasteiger partial charge on any atom is -0.325 e. The summed E-state index contributed by atoms with van der Waals surface area (Å²) in [7, 11) is 0. The Bertz CT molecular complexity index is 243. The highest BCUT2D eigenvalue weighted by Crippen LogP contribution is 2.42. The zero-order valence-electron chi connectivity index (χ0n) is 14.4. The van der Waals surface area contributed by atoms with Gasteiger partial charge in [0, 0.05) is 5.54 Å². The molecule has 0 radical (unpaired) electrons. The van der Waals surface area contributed by atoms with Gasteiger partial charge in [0.1, 0.15) is 0 Å². The summed E-state index contributed by atoms with van der Waals surface area (Å²) in [5.41, 5.74) is 7.00. The highest BCUT2D eigenvalue weighted by Gasteiger charge is 2.37. The van der Waals surface area contributed by atoms with Gasteiger partial charge in [0.05, 0.1) is 0 Å². The molecule has 0 aromatic rings. The van der Waals surface area contributed by atoms with Gasteiger partial charge >= 0.3 is 0 Å². The number of nitrogens with two attached hydrogens (primary N) is 1. The highest BCUT2D eigenvalue weighted by molar-refractivity contribution is 4.93. The van der Waals surface area contributed by atoms with Crippen LogP contribution in [0.3, 0.4) is 0 Å². The fourth-order valence-electron chi connectivity index (χ4n) is 3.05. The Morgan fingerprint density at radius 2 is 1.39 bits per heavy atom. The third kappa shape index (κ3) is 4.57. The fourth-order valence-corrected chi connectivity index (χ4v) is 3.05. The van der Waals surface area contributed by atoms with Crippen LogP contribution in [0.15, 0.2) is 0 Å². The molecule has 0 saturated carbocycles. The first-order valence-corrected chi connectivity index (χ1v) is 7.64. The van der Waals surface area contributed by atoms with Crippen LogP contribution in [-0.4, -0.2) is 5.54 Å². The van der Waals surface area contributed by atoms with Gasteiger partial charge in [0.2, 0.25) is 0 Å². The van der Waals surface area contributed by atoms with E-state index in [9.17, 15) is 0 Å². The first-order chi connectivity index (χ1) is 7.85. The van der Waals surface area contributed by atoms with Crippen molar-refractivity contribution in [3.8, 4) is 0 Å². The Morgan fingerprint density at radius 3 is 1.67 bits per heavy atom. The van der Waals surface area contributed by atoms with Gasteiger partial charge in [-0.05, 0) is 48.9 Å². The van der Waals surface area contributed by atoms with E-state index in [2.05, 4.69) is 62.3 Å². The third-order valence-corrected chi connectivity index (χ3v) is 5.28. The number of rotatable bonds is 6. The van der Waals surface area contributed by atoms with E-state index in [0.717, 1.165) is 18.3 Å². The van der Waals surface area contributed by atoms with Crippen molar-refractivity contribution < 1.29 is 0 Å². The van der Waals surface area contributed by atoms with E-state index >= 15 is 0 Å². The Labute approximate surface area is 116 Å². The summed E-state index contributed by atoms with van der Waals surface area (Å²) in [6, 6.07) is 0. The molecule has 1 nitrogen and oxygen atoms in total. The average molecular weight is 255 g/mol. The van der Waals surface area contributed by atoms with Crippen LogP contribution >= 0.6 is 0 Å². The van der Waals surface area contributed by atoms with E-state index in [-0.39, 0.29) is 11.0 Å². The van der Waals surface area contributed by atoms with E-state index in [1.165, 1.54) is 12.8 Å². The van der Waals surface area contributed by atoms with Gasteiger partial charge in [-0.3, -0.25) is 0 Å². The van der Waals surface area contributed by atoms with Crippen molar-refractivity contribution in [1.29, 1.82) is 0 Å². The molecule has 0 aromatic carbocycles. The Hall–Kier alpha value is -0.0400. The first-order valence-electron chi connectivity index (χ1n) is 7.64. The van der Waals surface area contributed by atoms with Crippen LogP contribution in [0, 0.1) is 22.7 Å². The molecule has 2 atom stereocenters. The summed E-state index contributed by atoms with van der Waals surface area (Å²) in [6.45, 7) is 20.9. The molecule has 0 aliphatic carbocycles. The van der Waals surface area contributed by atoms with Crippen LogP contribution in [0.5, 0.6) is 0 Å². The van der Waals surface area contributed by atoms with Crippen molar-refractivity contribution in [1.82, 2.24) is 0 Å². The lowest BCUT2D eigenvalue weighted by atomic mass is 9.65. The quantitative estimate of drug-likeness (QED) is 0.690. The standard InChI is InChI=1S/C17H37N/c1-10-17(9,18)16(7,8)12-11-14(13(2)3)15(4,5)6/h13-14H,10-12,18H2,1-9H3/t14-,17?/m1/s1. The van der Waals surface area contributed by atoms with Gasteiger partial charge in [-0.2, -0.15) is 0 Å². The molecule has 0 amide bonds. The summed E-state index contributed by atoms with van der Waals surface area (Å²) >= 11 is 0. The molecule has 1 unspecified atom stereocenters. The maximum Gasteiger partial charge on any atom is 0.0174 e. The van der Waals surface area contributed by atoms with Gasteiger partial charge in [-0.25, -0.2) is 0 Å². The number of hydrogen-bond acceptors (Lipinski definition) is 1. The highest BCUT2D eigenvalue weighted by atomic mass is 14.8. The van der Waals surface area contributed by atoms with Crippen molar-refractivity contribution in [3.05, 3.63) is 0 Å². The summed E-state index contributed by atoms with van der Waals surface area (Å²) < 4.78 is 0. The Morgan fingerprint density at radius 1 is 0.944 bits per heavy atom. The minimum absolute atomic E-state index is 0.0631. The molecule has 0 rings (SSSR count). The summed E-state index contributed by atoms with van der Waals surface area (Å²) in [4.78, 5) is 0. The maximum atomic E-state index is 6.47. The Balaban J connectivity index is 4.73. The predicted octanol–water partition coefficient (Wildman–Crippen LogP) is 5.24. The molecule has 18 heavy (non-hydrogen) atoms. The van der Waals surface area contributed by atoms with Crippen LogP contribution in [0.4, 0.5) is 0 Å². The van der Waals surface area contributed by atoms with Crippen molar-refractivity contribution in [3.63, 3.8) is 0 Å². The van der Waals surface area contributed by atoms with Crippen LogP contribution < -0.4 is 5.73 Å². The number of hydrogen-bond donors (Lipinski definition) is 1. The average Bonchev–Trinajstić information content (AvgIpc) is 2.14. The SMILES string of the molecule is CCC(C)(N)C(C)(C)CC[C@H](C(C)C)C(C)(C)C. The zero-order valence-corrected chi connectivity index (χ0v) is 14.4. The van der Waals surface area contributed by atoms with Crippen molar-refractivity contribution in [2.24, 2.45) is 28.4 Å². The smallest absolute Gasteiger partial charge is 0.0174 e. The molecular weight excluding hydrogens is 218 g/mol. The molecular formula is C17H37N. The van der Waals surface area contributed by atoms with Crippen LogP contribution in [-0.2, 0) is 0 Å². The molecule has 1 heteroatoms. The van der Waals surface area contributed by atoms with E-state index < -0.39 is 0 Å². The maximum absolute atomic E-state index is 6.47. The van der Waals surface area contributed by atoms with E-state index in [0.29, 0.717) is 5.41 Å². The fraction of sp³-hybridized carbons (Fsp3) is 1.00. The third-order valence-electron chi connectivity index (χ3n) is 5.28. The van der Waals surface area contributed by atoms with E-state index in [1.807, 2.05) is 0 Å². The van der Waals surface area contributed by atoms with Crippen molar-refractivity contribution in [2.75, 3.05) is 0 Å². The van der Waals surface area contributed by atoms with Gasteiger partial charge in [0.15, 0.2) is 0 Å². The van der Waals surface area contributed by atoms with Gasteiger partial charge < -0.3 is 5.73 Å². The largest absolute Gasteiger partial charge is 0.325 e. The second-order valence-corrected chi connectivity index (χ2v) is 8.41. The summed E-state index contributed by atoms with van der Waals surface area (Å²) in [5, 5.41) is 0. The summed E-state index contributed by atoms with van der Waals surface area (Å²) in [5.74, 6) is 1.51. The van der Waals surface area contributed by atoms with Crippen molar-refractivity contribution in [2.45, 2.75) is 87.1 Å². The molecule has 0 heterocycles. The molecule has 2 N–H and O–H groups in total. The minimum atomic E-state index is -0.0631. The van der Waals surface area contributed by atoms with Gasteiger partial charge in [-0.1, -0.05) is 55.4 Å². The van der Waals surface area contributed by atoms with Gasteiger partial charge in [-0.15, -0.1) is 0 Å². The zero-order chi connectivity index (χ0) is 14.8. The second-order valence-electron chi connectivity index (χ2n) is 8.41. The molecule has 0 aromatic heterocycles. The molecule has 0 saturated heterocycles. The first kappa shape index (κ1) is 18.0. The second kappa shape index (κ2) is 5.94. The molecule has 0 aliphatic rings. The van der Waals surface area contributed by atoms with E-state index in [1.54, 1.807) is 0 Å². The lowest BCUT2D eigenvalue weighted by Crippen LogP contribution is -2.50. The van der Waals surface area contributed by atoms with Crippen LogP contribution in [0.2, 0.25) is 0 Å². The molecule has 0 aliphatic heterocycles. The molecule has 0 spiro atoms. The van der Waals surface area contributed by atoms with Crippen molar-refractivity contribution >= 4 is 0 Å². The normalized spacial score (nSPS) is 18.8.